The zero-order valence-electron chi connectivity index (χ0n) is 13.3. The number of nitrogens with zero attached hydrogens (tertiary/aromatic N) is 3. The van der Waals surface area contributed by atoms with Gasteiger partial charge in [-0.1, -0.05) is 0 Å². The molecule has 0 fully saturated rings. The number of benzene rings is 1. The second-order valence-electron chi connectivity index (χ2n) is 5.00. The summed E-state index contributed by atoms with van der Waals surface area (Å²) in [6.07, 6.45) is 0.239. The Morgan fingerprint density at radius 3 is 2.92 bits per heavy atom. The molecule has 0 radical (unpaired) electrons. The molecule has 0 aliphatic rings. The summed E-state index contributed by atoms with van der Waals surface area (Å²) in [6, 6.07) is 5.12. The minimum Gasteiger partial charge on any atom is -0.469 e. The van der Waals surface area contributed by atoms with E-state index in [9.17, 15) is 9.59 Å². The average Bonchev–Trinajstić information content (AvgIpc) is 3.11. The molecule has 0 aliphatic carbocycles. The Morgan fingerprint density at radius 2 is 2.17 bits per heavy atom. The topological polar surface area (TPSA) is 111 Å². The SMILES string of the molecule is CCOC(=O)c1ccc2c(c1)nc1nc(NCCC(=O)OC)[nH]n12. The number of hydrogen-bond acceptors (Lipinski definition) is 7. The van der Waals surface area contributed by atoms with E-state index in [0.29, 0.717) is 36.0 Å². The number of ether oxygens (including phenoxy) is 2. The molecular formula is C15H17N5O4. The second kappa shape index (κ2) is 6.57. The fraction of sp³-hybridized carbons (Fsp3) is 0.333. The summed E-state index contributed by atoms with van der Waals surface area (Å²) in [5.41, 5.74) is 1.87. The van der Waals surface area contributed by atoms with Crippen LogP contribution in [0, 0.1) is 0 Å². The van der Waals surface area contributed by atoms with Gasteiger partial charge in [0, 0.05) is 6.54 Å². The first-order valence-corrected chi connectivity index (χ1v) is 7.48. The lowest BCUT2D eigenvalue weighted by Crippen LogP contribution is -2.10. The molecule has 3 aromatic rings. The van der Waals surface area contributed by atoms with Crippen molar-refractivity contribution in [3.8, 4) is 0 Å². The number of carbonyl (C=O) groups is 2. The van der Waals surface area contributed by atoms with Crippen LogP contribution in [-0.2, 0) is 14.3 Å². The van der Waals surface area contributed by atoms with Crippen LogP contribution in [0.4, 0.5) is 5.95 Å². The van der Waals surface area contributed by atoms with Gasteiger partial charge in [-0.3, -0.25) is 9.89 Å². The normalized spacial score (nSPS) is 10.9. The number of hydrogen-bond donors (Lipinski definition) is 2. The van der Waals surface area contributed by atoms with Gasteiger partial charge in [0.05, 0.1) is 36.7 Å². The first kappa shape index (κ1) is 15.8. The van der Waals surface area contributed by atoms with Crippen LogP contribution in [0.25, 0.3) is 16.8 Å². The van der Waals surface area contributed by atoms with E-state index < -0.39 is 0 Å². The van der Waals surface area contributed by atoms with Crippen molar-refractivity contribution in [2.45, 2.75) is 13.3 Å². The summed E-state index contributed by atoms with van der Waals surface area (Å²) in [5, 5.41) is 6.04. The number of aromatic nitrogens is 4. The largest absolute Gasteiger partial charge is 0.469 e. The third kappa shape index (κ3) is 3.00. The molecule has 2 heterocycles. The van der Waals surface area contributed by atoms with Crippen LogP contribution in [0.5, 0.6) is 0 Å². The number of H-pyrrole nitrogens is 1. The third-order valence-electron chi connectivity index (χ3n) is 3.43. The molecule has 0 saturated carbocycles. The quantitative estimate of drug-likeness (QED) is 0.656. The number of rotatable bonds is 6. The van der Waals surface area contributed by atoms with Crippen molar-refractivity contribution in [1.82, 2.24) is 19.6 Å². The van der Waals surface area contributed by atoms with E-state index in [1.54, 1.807) is 29.6 Å². The van der Waals surface area contributed by atoms with Crippen molar-refractivity contribution < 1.29 is 19.1 Å². The Balaban J connectivity index is 1.81. The van der Waals surface area contributed by atoms with E-state index in [4.69, 9.17) is 4.74 Å². The van der Waals surface area contributed by atoms with Crippen molar-refractivity contribution in [3.63, 3.8) is 0 Å². The summed E-state index contributed by atoms with van der Waals surface area (Å²) >= 11 is 0. The molecule has 9 heteroatoms. The van der Waals surface area contributed by atoms with Crippen molar-refractivity contribution in [3.05, 3.63) is 23.8 Å². The molecule has 3 rings (SSSR count). The lowest BCUT2D eigenvalue weighted by molar-refractivity contribution is -0.140. The van der Waals surface area contributed by atoms with E-state index in [0.717, 1.165) is 5.52 Å². The van der Waals surface area contributed by atoms with E-state index in [1.807, 2.05) is 0 Å². The highest BCUT2D eigenvalue weighted by Gasteiger charge is 2.13. The highest BCUT2D eigenvalue weighted by Crippen LogP contribution is 2.18. The van der Waals surface area contributed by atoms with Gasteiger partial charge in [-0.15, -0.1) is 0 Å². The fourth-order valence-electron chi connectivity index (χ4n) is 2.29. The summed E-state index contributed by atoms with van der Waals surface area (Å²) in [5.74, 6) is 0.286. The standard InChI is InChI=1S/C15H17N5O4/c1-3-24-13(22)9-4-5-11-10(8-9)17-15-18-14(19-20(11)15)16-7-6-12(21)23-2/h4-5,8H,3,6-7H2,1-2H3,(H2,16,17,18,19). The van der Waals surface area contributed by atoms with E-state index >= 15 is 0 Å². The summed E-state index contributed by atoms with van der Waals surface area (Å²) in [6.45, 7) is 2.48. The maximum atomic E-state index is 11.8. The number of methoxy groups -OCH3 is 1. The van der Waals surface area contributed by atoms with Crippen LogP contribution in [-0.4, -0.2) is 51.8 Å². The zero-order chi connectivity index (χ0) is 17.1. The number of fused-ring (bicyclic) bond motifs is 3. The van der Waals surface area contributed by atoms with Crippen LogP contribution >= 0.6 is 0 Å². The molecule has 0 saturated heterocycles. The van der Waals surface area contributed by atoms with Gasteiger partial charge in [-0.25, -0.2) is 14.3 Å². The highest BCUT2D eigenvalue weighted by atomic mass is 16.5. The number of esters is 2. The maximum Gasteiger partial charge on any atom is 0.338 e. The van der Waals surface area contributed by atoms with Gasteiger partial charge in [0.2, 0.25) is 5.95 Å². The van der Waals surface area contributed by atoms with E-state index in [-0.39, 0.29) is 18.4 Å². The minimum absolute atomic E-state index is 0.239. The Labute approximate surface area is 137 Å². The molecular weight excluding hydrogens is 314 g/mol. The second-order valence-corrected chi connectivity index (χ2v) is 5.00. The van der Waals surface area contributed by atoms with Gasteiger partial charge in [0.15, 0.2) is 0 Å². The van der Waals surface area contributed by atoms with Crippen molar-refractivity contribution in [2.24, 2.45) is 0 Å². The van der Waals surface area contributed by atoms with Gasteiger partial charge in [0.25, 0.3) is 5.78 Å². The molecule has 0 aliphatic heterocycles. The smallest absolute Gasteiger partial charge is 0.338 e. The molecule has 0 spiro atoms. The minimum atomic E-state index is -0.380. The summed E-state index contributed by atoms with van der Waals surface area (Å²) < 4.78 is 11.3. The lowest BCUT2D eigenvalue weighted by atomic mass is 10.2. The third-order valence-corrected chi connectivity index (χ3v) is 3.43. The van der Waals surface area contributed by atoms with Crippen molar-refractivity contribution in [1.29, 1.82) is 0 Å². The monoisotopic (exact) mass is 331 g/mol. The molecule has 2 N–H and O–H groups in total. The molecule has 0 bridgehead atoms. The van der Waals surface area contributed by atoms with Crippen LogP contribution < -0.4 is 5.32 Å². The van der Waals surface area contributed by atoms with Gasteiger partial charge in [0.1, 0.15) is 0 Å². The van der Waals surface area contributed by atoms with Crippen LogP contribution in [0.2, 0.25) is 0 Å². The Bertz CT molecular complexity index is 898. The number of nitrogens with one attached hydrogen (secondary N) is 2. The molecule has 0 amide bonds. The van der Waals surface area contributed by atoms with Gasteiger partial charge in [-0.2, -0.15) is 4.98 Å². The van der Waals surface area contributed by atoms with E-state index in [1.165, 1.54) is 7.11 Å². The molecule has 126 valence electrons. The maximum absolute atomic E-state index is 11.8. The fourth-order valence-corrected chi connectivity index (χ4v) is 2.29. The predicted molar refractivity (Wildman–Crippen MR) is 85.9 cm³/mol. The summed E-state index contributed by atoms with van der Waals surface area (Å²) in [4.78, 5) is 31.5. The Hall–Kier alpha value is -3.10. The number of imidazole rings is 1. The number of anilines is 1. The molecule has 0 atom stereocenters. The first-order valence-electron chi connectivity index (χ1n) is 7.48. The van der Waals surface area contributed by atoms with Gasteiger partial charge >= 0.3 is 11.9 Å². The Morgan fingerprint density at radius 1 is 1.33 bits per heavy atom. The van der Waals surface area contributed by atoms with Crippen LogP contribution in [0.15, 0.2) is 18.2 Å². The summed E-state index contributed by atoms with van der Waals surface area (Å²) in [7, 11) is 1.35. The average molecular weight is 331 g/mol. The molecule has 9 nitrogen and oxygen atoms in total. The van der Waals surface area contributed by atoms with Crippen molar-refractivity contribution >= 4 is 34.7 Å². The molecule has 24 heavy (non-hydrogen) atoms. The Kier molecular flexibility index (Phi) is 4.32. The predicted octanol–water partition coefficient (Wildman–Crippen LogP) is 1.36. The highest BCUT2D eigenvalue weighted by molar-refractivity contribution is 5.94. The lowest BCUT2D eigenvalue weighted by Gasteiger charge is -2.02. The van der Waals surface area contributed by atoms with E-state index in [2.05, 4.69) is 25.1 Å². The zero-order valence-corrected chi connectivity index (χ0v) is 13.3. The number of carbonyl (C=O) groups excluding carboxylic acids is 2. The number of aromatic amines is 1. The first-order chi connectivity index (χ1) is 11.6. The van der Waals surface area contributed by atoms with Gasteiger partial charge < -0.3 is 14.8 Å². The molecule has 2 aromatic heterocycles. The van der Waals surface area contributed by atoms with Crippen LogP contribution in [0.3, 0.4) is 0 Å². The molecule has 0 unspecified atom stereocenters. The van der Waals surface area contributed by atoms with Crippen molar-refractivity contribution in [2.75, 3.05) is 25.6 Å². The van der Waals surface area contributed by atoms with Crippen LogP contribution in [0.1, 0.15) is 23.7 Å². The molecule has 1 aromatic carbocycles. The van der Waals surface area contributed by atoms with Gasteiger partial charge in [-0.05, 0) is 25.1 Å².